The zero-order chi connectivity index (χ0) is 15.2. The van der Waals surface area contributed by atoms with Gasteiger partial charge in [-0.3, -0.25) is 4.79 Å². The van der Waals surface area contributed by atoms with Crippen LogP contribution in [0.25, 0.3) is 0 Å². The van der Waals surface area contributed by atoms with Gasteiger partial charge in [-0.2, -0.15) is 8.78 Å². The Morgan fingerprint density at radius 1 is 1.41 bits per heavy atom. The topological polar surface area (TPSA) is 59.6 Å². The lowest BCUT2D eigenvalue weighted by atomic mass is 10.0. The van der Waals surface area contributed by atoms with Gasteiger partial charge in [0.15, 0.2) is 11.5 Å². The highest BCUT2D eigenvalue weighted by Gasteiger charge is 2.24. The average Bonchev–Trinajstić information content (AvgIpc) is 2.36. The normalized spacial score (nSPS) is 14.0. The number of carbonyl (C=O) groups is 1. The molecular weight excluding hydrogens is 318 g/mol. The molecule has 1 aliphatic heterocycles. The lowest BCUT2D eigenvalue weighted by Gasteiger charge is -2.25. The zero-order valence-electron chi connectivity index (χ0n) is 12.1. The zero-order valence-corrected chi connectivity index (χ0v) is 12.9. The Labute approximate surface area is 133 Å². The molecule has 0 spiro atoms. The quantitative estimate of drug-likeness (QED) is 0.794. The number of rotatable bonds is 7. The van der Waals surface area contributed by atoms with Crippen molar-refractivity contribution in [1.82, 2.24) is 10.6 Å². The second kappa shape index (κ2) is 8.75. The fourth-order valence-corrected chi connectivity index (χ4v) is 2.01. The van der Waals surface area contributed by atoms with E-state index in [-0.39, 0.29) is 35.7 Å². The maximum atomic E-state index is 12.3. The molecule has 0 atom stereocenters. The van der Waals surface area contributed by atoms with Crippen LogP contribution in [0.5, 0.6) is 11.5 Å². The molecule has 22 heavy (non-hydrogen) atoms. The molecular formula is C14H19ClF2N2O3. The molecule has 1 heterocycles. The second-order valence-electron chi connectivity index (χ2n) is 4.76. The number of nitrogens with one attached hydrogen (secondary N) is 2. The molecule has 1 saturated heterocycles. The molecule has 0 saturated carbocycles. The number of ether oxygens (including phenoxy) is 2. The van der Waals surface area contributed by atoms with Crippen molar-refractivity contribution in [2.75, 3.05) is 26.7 Å². The first-order valence-electron chi connectivity index (χ1n) is 6.70. The lowest BCUT2D eigenvalue weighted by molar-refractivity contribution is -0.126. The van der Waals surface area contributed by atoms with E-state index in [0.717, 1.165) is 5.56 Å². The predicted octanol–water partition coefficient (Wildman–Crippen LogP) is 1.60. The van der Waals surface area contributed by atoms with Gasteiger partial charge in [-0.1, -0.05) is 6.07 Å². The Bertz CT molecular complexity index is 499. The SMILES string of the molecule is COc1ccc(CCNC(=O)C2CNC2)cc1OC(F)F.Cl. The van der Waals surface area contributed by atoms with E-state index in [1.807, 2.05) is 0 Å². The summed E-state index contributed by atoms with van der Waals surface area (Å²) >= 11 is 0. The van der Waals surface area contributed by atoms with Crippen molar-refractivity contribution >= 4 is 18.3 Å². The first-order chi connectivity index (χ1) is 10.1. The average molecular weight is 337 g/mol. The summed E-state index contributed by atoms with van der Waals surface area (Å²) in [4.78, 5) is 11.6. The summed E-state index contributed by atoms with van der Waals surface area (Å²) in [6, 6.07) is 4.83. The van der Waals surface area contributed by atoms with Crippen molar-refractivity contribution in [3.05, 3.63) is 23.8 Å². The number of halogens is 3. The standard InChI is InChI=1S/C14H18F2N2O3.ClH/c1-20-11-3-2-9(6-12(11)21-14(15)16)4-5-18-13(19)10-7-17-8-10;/h2-3,6,10,14,17H,4-5,7-8H2,1H3,(H,18,19);1H. The molecule has 5 nitrogen and oxygen atoms in total. The summed E-state index contributed by atoms with van der Waals surface area (Å²) < 4.78 is 34.0. The molecule has 1 aromatic rings. The first kappa shape index (κ1) is 18.4. The minimum absolute atomic E-state index is 0. The van der Waals surface area contributed by atoms with Gasteiger partial charge in [0.1, 0.15) is 0 Å². The summed E-state index contributed by atoms with van der Waals surface area (Å²) in [7, 11) is 1.39. The third-order valence-corrected chi connectivity index (χ3v) is 3.31. The highest BCUT2D eigenvalue weighted by Crippen LogP contribution is 2.29. The van der Waals surface area contributed by atoms with E-state index in [1.54, 1.807) is 12.1 Å². The summed E-state index contributed by atoms with van der Waals surface area (Å²) in [6.45, 7) is -1.03. The van der Waals surface area contributed by atoms with Gasteiger partial charge in [0, 0.05) is 19.6 Å². The fraction of sp³-hybridized carbons (Fsp3) is 0.500. The molecule has 8 heteroatoms. The van der Waals surface area contributed by atoms with Crippen LogP contribution >= 0.6 is 12.4 Å². The van der Waals surface area contributed by atoms with Crippen LogP contribution in [0, 0.1) is 5.92 Å². The van der Waals surface area contributed by atoms with E-state index in [4.69, 9.17) is 4.74 Å². The number of amides is 1. The van der Waals surface area contributed by atoms with E-state index < -0.39 is 6.61 Å². The van der Waals surface area contributed by atoms with Crippen LogP contribution < -0.4 is 20.1 Å². The van der Waals surface area contributed by atoms with Crippen molar-refractivity contribution < 1.29 is 23.0 Å². The molecule has 2 N–H and O–H groups in total. The van der Waals surface area contributed by atoms with E-state index >= 15 is 0 Å². The maximum Gasteiger partial charge on any atom is 0.387 e. The highest BCUT2D eigenvalue weighted by molar-refractivity contribution is 5.85. The summed E-state index contributed by atoms with van der Waals surface area (Å²) in [6.07, 6.45) is 0.537. The predicted molar refractivity (Wildman–Crippen MR) is 79.9 cm³/mol. The molecule has 0 radical (unpaired) electrons. The molecule has 0 bridgehead atoms. The van der Waals surface area contributed by atoms with Crippen LogP contribution in [0.3, 0.4) is 0 Å². The Kier molecular flexibility index (Phi) is 7.34. The summed E-state index contributed by atoms with van der Waals surface area (Å²) in [5.74, 6) is 0.313. The monoisotopic (exact) mass is 336 g/mol. The summed E-state index contributed by atoms with van der Waals surface area (Å²) in [5.41, 5.74) is 0.790. The second-order valence-corrected chi connectivity index (χ2v) is 4.76. The van der Waals surface area contributed by atoms with Gasteiger partial charge in [-0.25, -0.2) is 0 Å². The Balaban J connectivity index is 0.00000242. The minimum Gasteiger partial charge on any atom is -0.493 e. The smallest absolute Gasteiger partial charge is 0.387 e. The van der Waals surface area contributed by atoms with Crippen molar-refractivity contribution in [2.45, 2.75) is 13.0 Å². The number of benzene rings is 1. The molecule has 124 valence electrons. The molecule has 1 aliphatic rings. The molecule has 2 rings (SSSR count). The van der Waals surface area contributed by atoms with E-state index in [9.17, 15) is 13.6 Å². The van der Waals surface area contributed by atoms with Crippen LogP contribution in [0.1, 0.15) is 5.56 Å². The summed E-state index contributed by atoms with van der Waals surface area (Å²) in [5, 5.41) is 5.85. The van der Waals surface area contributed by atoms with E-state index in [0.29, 0.717) is 26.1 Å². The van der Waals surface area contributed by atoms with E-state index in [2.05, 4.69) is 15.4 Å². The van der Waals surface area contributed by atoms with Crippen molar-refractivity contribution in [3.8, 4) is 11.5 Å². The van der Waals surface area contributed by atoms with Gasteiger partial charge >= 0.3 is 6.61 Å². The van der Waals surface area contributed by atoms with Crippen LogP contribution in [-0.4, -0.2) is 39.3 Å². The van der Waals surface area contributed by atoms with Crippen molar-refractivity contribution in [1.29, 1.82) is 0 Å². The number of methoxy groups -OCH3 is 1. The first-order valence-corrected chi connectivity index (χ1v) is 6.70. The number of carbonyl (C=O) groups excluding carboxylic acids is 1. The Morgan fingerprint density at radius 2 is 2.14 bits per heavy atom. The van der Waals surface area contributed by atoms with Crippen LogP contribution in [-0.2, 0) is 11.2 Å². The number of hydrogen-bond acceptors (Lipinski definition) is 4. The number of hydrogen-bond donors (Lipinski definition) is 2. The third kappa shape index (κ3) is 4.99. The van der Waals surface area contributed by atoms with Crippen molar-refractivity contribution in [2.24, 2.45) is 5.92 Å². The minimum atomic E-state index is -2.90. The largest absolute Gasteiger partial charge is 0.493 e. The van der Waals surface area contributed by atoms with Gasteiger partial charge in [0.25, 0.3) is 0 Å². The molecule has 0 aromatic heterocycles. The van der Waals surface area contributed by atoms with E-state index in [1.165, 1.54) is 13.2 Å². The van der Waals surface area contributed by atoms with Crippen LogP contribution in [0.4, 0.5) is 8.78 Å². The Morgan fingerprint density at radius 3 is 2.68 bits per heavy atom. The van der Waals surface area contributed by atoms with Crippen LogP contribution in [0.15, 0.2) is 18.2 Å². The fourth-order valence-electron chi connectivity index (χ4n) is 2.01. The molecule has 1 fully saturated rings. The lowest BCUT2D eigenvalue weighted by Crippen LogP contribution is -2.51. The Hall–Kier alpha value is -1.60. The van der Waals surface area contributed by atoms with Gasteiger partial charge < -0.3 is 20.1 Å². The van der Waals surface area contributed by atoms with Gasteiger partial charge in [-0.15, -0.1) is 12.4 Å². The molecule has 1 amide bonds. The third-order valence-electron chi connectivity index (χ3n) is 3.31. The van der Waals surface area contributed by atoms with Gasteiger partial charge in [0.2, 0.25) is 5.91 Å². The molecule has 0 unspecified atom stereocenters. The molecule has 0 aliphatic carbocycles. The van der Waals surface area contributed by atoms with Crippen LogP contribution in [0.2, 0.25) is 0 Å². The van der Waals surface area contributed by atoms with Gasteiger partial charge in [-0.05, 0) is 24.1 Å². The highest BCUT2D eigenvalue weighted by atomic mass is 35.5. The van der Waals surface area contributed by atoms with Gasteiger partial charge in [0.05, 0.1) is 13.0 Å². The maximum absolute atomic E-state index is 12.3. The van der Waals surface area contributed by atoms with Crippen molar-refractivity contribution in [3.63, 3.8) is 0 Å². The molecule has 1 aromatic carbocycles. The number of alkyl halides is 2.